The maximum atomic E-state index is 12.7. The van der Waals surface area contributed by atoms with E-state index >= 15 is 0 Å². The van der Waals surface area contributed by atoms with Crippen LogP contribution in [-0.4, -0.2) is 27.7 Å². The third kappa shape index (κ3) is 3.86. The molecule has 10 nitrogen and oxygen atoms in total. The third-order valence-electron chi connectivity index (χ3n) is 4.69. The van der Waals surface area contributed by atoms with E-state index in [1.165, 1.54) is 30.5 Å². The van der Waals surface area contributed by atoms with E-state index in [0.717, 1.165) is 10.5 Å². The van der Waals surface area contributed by atoms with Crippen molar-refractivity contribution in [1.29, 1.82) is 0 Å². The maximum Gasteiger partial charge on any atom is 0.331 e. The van der Waals surface area contributed by atoms with E-state index in [0.29, 0.717) is 17.1 Å². The molecule has 1 N–H and O–H groups in total. The molecule has 10 heteroatoms. The van der Waals surface area contributed by atoms with Gasteiger partial charge >= 0.3 is 6.03 Å². The van der Waals surface area contributed by atoms with Crippen LogP contribution in [0, 0.1) is 17.0 Å². The Morgan fingerprint density at radius 1 is 1.16 bits per heavy atom. The Bertz CT molecular complexity index is 1240. The fourth-order valence-electron chi connectivity index (χ4n) is 3.10. The number of urea groups is 1. The van der Waals surface area contributed by atoms with Crippen LogP contribution in [0.3, 0.4) is 0 Å². The van der Waals surface area contributed by atoms with Crippen LogP contribution in [0.1, 0.15) is 17.1 Å². The van der Waals surface area contributed by atoms with E-state index < -0.39 is 22.8 Å². The summed E-state index contributed by atoms with van der Waals surface area (Å²) >= 11 is 0. The second-order valence-electron chi connectivity index (χ2n) is 6.75. The smallest absolute Gasteiger partial charge is 0.331 e. The number of nitrogens with zero attached hydrogens (tertiary/aromatic N) is 2. The van der Waals surface area contributed by atoms with E-state index in [1.54, 1.807) is 31.2 Å². The van der Waals surface area contributed by atoms with Gasteiger partial charge in [0, 0.05) is 17.7 Å². The zero-order valence-electron chi connectivity index (χ0n) is 16.2. The molecule has 0 radical (unpaired) electrons. The lowest BCUT2D eigenvalue weighted by atomic mass is 10.1. The number of hydrogen-bond donors (Lipinski definition) is 1. The van der Waals surface area contributed by atoms with Crippen molar-refractivity contribution in [3.63, 3.8) is 0 Å². The number of carbonyl (C=O) groups excluding carboxylic acids is 3. The molecule has 4 amide bonds. The van der Waals surface area contributed by atoms with Gasteiger partial charge in [-0.25, -0.2) is 4.79 Å². The molecular formula is C21H15N3O7. The minimum atomic E-state index is -0.852. The van der Waals surface area contributed by atoms with Gasteiger partial charge in [-0.1, -0.05) is 6.07 Å². The summed E-state index contributed by atoms with van der Waals surface area (Å²) in [5, 5.41) is 13.2. The summed E-state index contributed by atoms with van der Waals surface area (Å²) in [6.07, 6.45) is 2.62. The molecule has 3 aromatic rings. The summed E-state index contributed by atoms with van der Waals surface area (Å²) in [6, 6.07) is 9.84. The van der Waals surface area contributed by atoms with Gasteiger partial charge < -0.3 is 8.83 Å². The SMILES string of the molecule is Cc1ccc([N+](=O)[O-])cc1-c1ccc(/C=C2\C(=O)NC(=O)N(Cc3ccco3)C2=O)o1. The van der Waals surface area contributed by atoms with Gasteiger partial charge in [-0.2, -0.15) is 0 Å². The van der Waals surface area contributed by atoms with Crippen molar-refractivity contribution >= 4 is 29.6 Å². The van der Waals surface area contributed by atoms with Gasteiger partial charge in [0.25, 0.3) is 17.5 Å². The summed E-state index contributed by atoms with van der Waals surface area (Å²) in [6.45, 7) is 1.63. The Kier molecular flexibility index (Phi) is 4.96. The Morgan fingerprint density at radius 3 is 2.68 bits per heavy atom. The van der Waals surface area contributed by atoms with Gasteiger partial charge in [-0.15, -0.1) is 0 Å². The topological polar surface area (TPSA) is 136 Å². The fraction of sp³-hybridized carbons (Fsp3) is 0.0952. The average Bonchev–Trinajstić information content (AvgIpc) is 3.40. The number of hydrogen-bond acceptors (Lipinski definition) is 7. The number of benzene rings is 1. The van der Waals surface area contributed by atoms with Crippen LogP contribution in [0.2, 0.25) is 0 Å². The molecule has 3 heterocycles. The van der Waals surface area contributed by atoms with E-state index in [4.69, 9.17) is 8.83 Å². The van der Waals surface area contributed by atoms with E-state index in [2.05, 4.69) is 5.32 Å². The van der Waals surface area contributed by atoms with Crippen LogP contribution in [0.4, 0.5) is 10.5 Å². The van der Waals surface area contributed by atoms with Crippen molar-refractivity contribution in [3.05, 3.63) is 81.5 Å². The first kappa shape index (κ1) is 19.8. The zero-order valence-corrected chi connectivity index (χ0v) is 16.2. The van der Waals surface area contributed by atoms with Gasteiger partial charge in [-0.05, 0) is 42.8 Å². The third-order valence-corrected chi connectivity index (χ3v) is 4.69. The van der Waals surface area contributed by atoms with Crippen molar-refractivity contribution in [2.45, 2.75) is 13.5 Å². The maximum absolute atomic E-state index is 12.7. The number of furan rings is 2. The largest absolute Gasteiger partial charge is 0.467 e. The first-order chi connectivity index (χ1) is 14.8. The van der Waals surface area contributed by atoms with Crippen LogP contribution < -0.4 is 5.32 Å². The molecule has 1 aromatic carbocycles. The van der Waals surface area contributed by atoms with Crippen molar-refractivity contribution in [2.24, 2.45) is 0 Å². The van der Waals surface area contributed by atoms with Gasteiger partial charge in [0.15, 0.2) is 0 Å². The van der Waals surface area contributed by atoms with E-state index in [-0.39, 0.29) is 23.6 Å². The van der Waals surface area contributed by atoms with Crippen LogP contribution >= 0.6 is 0 Å². The number of aryl methyl sites for hydroxylation is 1. The molecule has 1 fully saturated rings. The molecule has 4 rings (SSSR count). The minimum absolute atomic E-state index is 0.0918. The molecule has 1 saturated heterocycles. The van der Waals surface area contributed by atoms with Crippen molar-refractivity contribution in [2.75, 3.05) is 0 Å². The van der Waals surface area contributed by atoms with Gasteiger partial charge in [0.2, 0.25) is 0 Å². The van der Waals surface area contributed by atoms with Crippen molar-refractivity contribution in [1.82, 2.24) is 10.2 Å². The molecule has 31 heavy (non-hydrogen) atoms. The van der Waals surface area contributed by atoms with Crippen LogP contribution in [0.15, 0.2) is 63.1 Å². The van der Waals surface area contributed by atoms with Gasteiger partial charge in [0.05, 0.1) is 17.7 Å². The van der Waals surface area contributed by atoms with Crippen LogP contribution in [0.25, 0.3) is 17.4 Å². The Morgan fingerprint density at radius 2 is 1.97 bits per heavy atom. The molecule has 1 aliphatic heterocycles. The summed E-state index contributed by atoms with van der Waals surface area (Å²) in [7, 11) is 0. The number of amides is 4. The highest BCUT2D eigenvalue weighted by atomic mass is 16.6. The van der Waals surface area contributed by atoms with Crippen molar-refractivity contribution < 1.29 is 28.1 Å². The standard InChI is InChI=1S/C21H15N3O7/c1-12-4-5-13(24(28)29)9-16(12)18-7-6-14(31-18)10-17-19(25)22-21(27)23(20(17)26)11-15-3-2-8-30-15/h2-10H,11H2,1H3,(H,22,25,27)/b17-10+. The monoisotopic (exact) mass is 421 g/mol. The van der Waals surface area contributed by atoms with Crippen LogP contribution in [-0.2, 0) is 16.1 Å². The lowest BCUT2D eigenvalue weighted by Crippen LogP contribution is -2.53. The summed E-state index contributed by atoms with van der Waals surface area (Å²) in [5.74, 6) is -0.768. The number of nitro benzene ring substituents is 1. The average molecular weight is 421 g/mol. The Balaban J connectivity index is 1.64. The Hall–Kier alpha value is -4.47. The second-order valence-corrected chi connectivity index (χ2v) is 6.75. The van der Waals surface area contributed by atoms with Gasteiger partial charge in [0.1, 0.15) is 22.9 Å². The number of non-ortho nitro benzene ring substituents is 1. The first-order valence-corrected chi connectivity index (χ1v) is 9.10. The highest BCUT2D eigenvalue weighted by Crippen LogP contribution is 2.30. The molecule has 0 atom stereocenters. The normalized spacial score (nSPS) is 15.5. The summed E-state index contributed by atoms with van der Waals surface area (Å²) in [5.41, 5.74) is 0.877. The molecule has 0 unspecified atom stereocenters. The number of carbonyl (C=O) groups is 3. The van der Waals surface area contributed by atoms with Crippen LogP contribution in [0.5, 0.6) is 0 Å². The van der Waals surface area contributed by atoms with E-state index in [1.807, 2.05) is 0 Å². The molecule has 0 spiro atoms. The predicted octanol–water partition coefficient (Wildman–Crippen LogP) is 3.42. The fourth-order valence-corrected chi connectivity index (χ4v) is 3.10. The number of imide groups is 2. The molecule has 0 saturated carbocycles. The highest BCUT2D eigenvalue weighted by molar-refractivity contribution is 6.30. The number of rotatable bonds is 5. The minimum Gasteiger partial charge on any atom is -0.467 e. The van der Waals surface area contributed by atoms with E-state index in [9.17, 15) is 24.5 Å². The zero-order chi connectivity index (χ0) is 22.1. The number of barbiturate groups is 1. The summed E-state index contributed by atoms with van der Waals surface area (Å²) in [4.78, 5) is 48.4. The molecule has 156 valence electrons. The van der Waals surface area contributed by atoms with Crippen molar-refractivity contribution in [3.8, 4) is 11.3 Å². The Labute approximate surface area is 174 Å². The predicted molar refractivity (Wildman–Crippen MR) is 106 cm³/mol. The quantitative estimate of drug-likeness (QED) is 0.288. The molecule has 2 aromatic heterocycles. The molecule has 0 aliphatic carbocycles. The lowest BCUT2D eigenvalue weighted by Gasteiger charge is -2.25. The summed E-state index contributed by atoms with van der Waals surface area (Å²) < 4.78 is 10.9. The number of nitrogens with one attached hydrogen (secondary N) is 1. The molecular weight excluding hydrogens is 406 g/mol. The lowest BCUT2D eigenvalue weighted by molar-refractivity contribution is -0.384. The second kappa shape index (κ2) is 7.75. The van der Waals surface area contributed by atoms with Gasteiger partial charge in [-0.3, -0.25) is 29.9 Å². The molecule has 1 aliphatic rings. The first-order valence-electron chi connectivity index (χ1n) is 9.10. The highest BCUT2D eigenvalue weighted by Gasteiger charge is 2.36. The number of nitro groups is 1. The molecule has 0 bridgehead atoms.